The van der Waals surface area contributed by atoms with Gasteiger partial charge in [0, 0.05) is 0 Å². The number of anilines is 1. The van der Waals surface area contributed by atoms with E-state index in [9.17, 15) is 19.5 Å². The molecule has 0 unspecified atom stereocenters. The number of aromatic hydroxyl groups is 1. The number of aromatic nitrogens is 2. The van der Waals surface area contributed by atoms with Crippen molar-refractivity contribution < 1.29 is 14.6 Å². The molecule has 0 atom stereocenters. The number of methoxy groups -OCH3 is 1. The predicted octanol–water partition coefficient (Wildman–Crippen LogP) is 2.05. The van der Waals surface area contributed by atoms with Crippen LogP contribution < -0.4 is 21.0 Å². The van der Waals surface area contributed by atoms with Crippen LogP contribution in [0.5, 0.6) is 11.6 Å². The van der Waals surface area contributed by atoms with Gasteiger partial charge in [-0.15, -0.1) is 0 Å². The van der Waals surface area contributed by atoms with Crippen LogP contribution in [0.3, 0.4) is 0 Å². The number of carbonyl (C=O) groups is 1. The number of nitrogens with zero attached hydrogens (tertiary/aromatic N) is 3. The van der Waals surface area contributed by atoms with Crippen molar-refractivity contribution in [3.05, 3.63) is 86.6 Å². The van der Waals surface area contributed by atoms with E-state index in [1.165, 1.54) is 18.2 Å². The lowest BCUT2D eigenvalue weighted by atomic mass is 10.1. The third-order valence-electron chi connectivity index (χ3n) is 4.80. The van der Waals surface area contributed by atoms with Gasteiger partial charge in [-0.2, -0.15) is 10.1 Å². The van der Waals surface area contributed by atoms with Gasteiger partial charge in [-0.1, -0.05) is 18.2 Å². The summed E-state index contributed by atoms with van der Waals surface area (Å²) in [6, 6.07) is 15.1. The number of ether oxygens (including phenoxy) is 1. The molecule has 9 nitrogen and oxygen atoms in total. The van der Waals surface area contributed by atoms with Gasteiger partial charge >= 0.3 is 5.69 Å². The molecule has 0 saturated carbocycles. The first-order valence-corrected chi connectivity index (χ1v) is 9.30. The summed E-state index contributed by atoms with van der Waals surface area (Å²) in [5.41, 5.74) is -0.473. The van der Waals surface area contributed by atoms with E-state index in [1.54, 1.807) is 61.5 Å². The number of nitrogens with one attached hydrogen (secondary N) is 1. The molecule has 2 N–H and O–H groups in total. The molecule has 1 aromatic heterocycles. The summed E-state index contributed by atoms with van der Waals surface area (Å²) >= 11 is 0. The van der Waals surface area contributed by atoms with Crippen molar-refractivity contribution in [1.82, 2.24) is 9.55 Å². The highest BCUT2D eigenvalue weighted by molar-refractivity contribution is 6.32. The van der Waals surface area contributed by atoms with E-state index in [1.807, 2.05) is 0 Å². The fraction of sp³-hybridized carbons (Fsp3) is 0.0909. The molecule has 9 heteroatoms. The molecule has 0 saturated heterocycles. The number of hydrazone groups is 1. The molecule has 0 fully saturated rings. The number of aromatic amines is 1. The van der Waals surface area contributed by atoms with Crippen LogP contribution in [0.2, 0.25) is 0 Å². The number of H-pyrrole nitrogens is 1. The van der Waals surface area contributed by atoms with Crippen molar-refractivity contribution in [2.75, 3.05) is 12.1 Å². The van der Waals surface area contributed by atoms with Crippen molar-refractivity contribution in [1.29, 1.82) is 0 Å². The summed E-state index contributed by atoms with van der Waals surface area (Å²) in [4.78, 5) is 39.8. The molecular weight excluding hydrogens is 400 g/mol. The summed E-state index contributed by atoms with van der Waals surface area (Å²) < 4.78 is 6.08. The lowest BCUT2D eigenvalue weighted by molar-refractivity contribution is -0.114. The number of hydrogen-bond donors (Lipinski definition) is 2. The first kappa shape index (κ1) is 19.9. The fourth-order valence-electron chi connectivity index (χ4n) is 3.21. The molecule has 156 valence electrons. The molecule has 0 spiro atoms. The Bertz CT molecular complexity index is 1340. The second kappa shape index (κ2) is 7.79. The van der Waals surface area contributed by atoms with Crippen LogP contribution >= 0.6 is 0 Å². The average Bonchev–Trinajstić information content (AvgIpc) is 3.05. The SMILES string of the molecule is COc1ccc(N2N=C(C)/C(=C\c3c(O)n(-c4ccccc4)c(=O)[nH]c3=O)C2=O)cc1. The van der Waals surface area contributed by atoms with E-state index in [-0.39, 0.29) is 11.1 Å². The Morgan fingerprint density at radius 2 is 1.68 bits per heavy atom. The number of para-hydroxylation sites is 1. The van der Waals surface area contributed by atoms with Gasteiger partial charge in [-0.05, 0) is 49.4 Å². The zero-order valence-corrected chi connectivity index (χ0v) is 16.7. The lowest BCUT2D eigenvalue weighted by Crippen LogP contribution is -2.30. The van der Waals surface area contributed by atoms with Crippen LogP contribution in [-0.2, 0) is 4.79 Å². The van der Waals surface area contributed by atoms with Crippen molar-refractivity contribution >= 4 is 23.4 Å². The van der Waals surface area contributed by atoms with E-state index in [0.29, 0.717) is 22.8 Å². The second-order valence-electron chi connectivity index (χ2n) is 6.73. The Morgan fingerprint density at radius 1 is 1.00 bits per heavy atom. The van der Waals surface area contributed by atoms with Crippen molar-refractivity contribution in [2.24, 2.45) is 5.10 Å². The zero-order chi connectivity index (χ0) is 22.1. The number of rotatable bonds is 4. The maximum absolute atomic E-state index is 13.0. The van der Waals surface area contributed by atoms with E-state index in [2.05, 4.69) is 10.1 Å². The van der Waals surface area contributed by atoms with Crippen LogP contribution in [0.15, 0.2) is 74.9 Å². The van der Waals surface area contributed by atoms with Gasteiger partial charge in [0.2, 0.25) is 5.88 Å². The average molecular weight is 418 g/mol. The molecule has 3 aromatic rings. The lowest BCUT2D eigenvalue weighted by Gasteiger charge is -2.12. The molecule has 1 aliphatic heterocycles. The van der Waals surface area contributed by atoms with Crippen molar-refractivity contribution in [3.8, 4) is 17.3 Å². The molecule has 2 heterocycles. The minimum Gasteiger partial charge on any atom is -0.497 e. The standard InChI is InChI=1S/C22H18N4O5/c1-13-17(21(29)26(24-13)15-8-10-16(31-2)11-9-15)12-18-19(27)23-22(30)25(20(18)28)14-6-4-3-5-7-14/h3-12,28H,1-2H3,(H,23,27,30)/b17-12+. The van der Waals surface area contributed by atoms with E-state index in [0.717, 1.165) is 4.57 Å². The highest BCUT2D eigenvalue weighted by Crippen LogP contribution is 2.27. The minimum absolute atomic E-state index is 0.120. The molecule has 1 aliphatic rings. The van der Waals surface area contributed by atoms with E-state index < -0.39 is 23.0 Å². The van der Waals surface area contributed by atoms with Crippen LogP contribution in [0.4, 0.5) is 5.69 Å². The maximum Gasteiger partial charge on any atom is 0.335 e. The van der Waals surface area contributed by atoms with Crippen LogP contribution in [0.1, 0.15) is 12.5 Å². The summed E-state index contributed by atoms with van der Waals surface area (Å²) in [5.74, 6) is -0.415. The highest BCUT2D eigenvalue weighted by atomic mass is 16.5. The molecule has 1 amide bonds. The first-order valence-electron chi connectivity index (χ1n) is 9.30. The Hall–Kier alpha value is -4.40. The van der Waals surface area contributed by atoms with Crippen LogP contribution in [0, 0.1) is 0 Å². The highest BCUT2D eigenvalue weighted by Gasteiger charge is 2.30. The van der Waals surface area contributed by atoms with Crippen molar-refractivity contribution in [3.63, 3.8) is 0 Å². The van der Waals surface area contributed by atoms with Gasteiger partial charge in [-0.3, -0.25) is 14.6 Å². The molecule has 31 heavy (non-hydrogen) atoms. The molecule has 0 radical (unpaired) electrons. The summed E-state index contributed by atoms with van der Waals surface area (Å²) in [6.07, 6.45) is 1.23. The Labute approximate surface area is 176 Å². The van der Waals surface area contributed by atoms with Gasteiger partial charge in [0.1, 0.15) is 11.3 Å². The maximum atomic E-state index is 13.0. The number of benzene rings is 2. The second-order valence-corrected chi connectivity index (χ2v) is 6.73. The number of amides is 1. The van der Waals surface area contributed by atoms with Gasteiger partial charge in [0.15, 0.2) is 0 Å². The largest absolute Gasteiger partial charge is 0.497 e. The topological polar surface area (TPSA) is 117 Å². The molecule has 2 aromatic carbocycles. The quantitative estimate of drug-likeness (QED) is 0.629. The third-order valence-corrected chi connectivity index (χ3v) is 4.80. The smallest absolute Gasteiger partial charge is 0.335 e. The van der Waals surface area contributed by atoms with Gasteiger partial charge in [-0.25, -0.2) is 9.36 Å². The zero-order valence-electron chi connectivity index (χ0n) is 16.7. The summed E-state index contributed by atoms with van der Waals surface area (Å²) in [6.45, 7) is 1.62. The Kier molecular flexibility index (Phi) is 5.00. The summed E-state index contributed by atoms with van der Waals surface area (Å²) in [5, 5.41) is 16.1. The van der Waals surface area contributed by atoms with Gasteiger partial charge < -0.3 is 9.84 Å². The molecule has 0 aliphatic carbocycles. The molecule has 0 bridgehead atoms. The normalized spacial score (nSPS) is 14.8. The molecular formula is C22H18N4O5. The number of hydrogen-bond acceptors (Lipinski definition) is 6. The minimum atomic E-state index is -0.814. The first-order chi connectivity index (χ1) is 14.9. The van der Waals surface area contributed by atoms with Gasteiger partial charge in [0.25, 0.3) is 11.5 Å². The monoisotopic (exact) mass is 418 g/mol. The van der Waals surface area contributed by atoms with E-state index in [4.69, 9.17) is 4.74 Å². The Morgan fingerprint density at radius 3 is 2.32 bits per heavy atom. The van der Waals surface area contributed by atoms with Crippen LogP contribution in [0.25, 0.3) is 11.8 Å². The van der Waals surface area contributed by atoms with Crippen LogP contribution in [-0.4, -0.2) is 33.4 Å². The third kappa shape index (κ3) is 3.52. The van der Waals surface area contributed by atoms with Crippen molar-refractivity contribution in [2.45, 2.75) is 6.92 Å². The molecule has 4 rings (SSSR count). The van der Waals surface area contributed by atoms with E-state index >= 15 is 0 Å². The predicted molar refractivity (Wildman–Crippen MR) is 116 cm³/mol. The number of carbonyl (C=O) groups excluding carboxylic acids is 1. The summed E-state index contributed by atoms with van der Waals surface area (Å²) in [7, 11) is 1.54. The van der Waals surface area contributed by atoms with Gasteiger partial charge in [0.05, 0.1) is 29.8 Å². The fourth-order valence-corrected chi connectivity index (χ4v) is 3.21. The Balaban J connectivity index is 1.78.